The number of rotatable bonds is 3. The first-order valence-electron chi connectivity index (χ1n) is 6.66. The first-order valence-corrected chi connectivity index (χ1v) is 7.45. The summed E-state index contributed by atoms with van der Waals surface area (Å²) in [6.45, 7) is 1.88. The third-order valence-electron chi connectivity index (χ3n) is 2.98. The largest absolute Gasteiger partial charge is 0.332 e. The molecule has 0 aromatic heterocycles. The van der Waals surface area contributed by atoms with E-state index in [1.807, 2.05) is 49.4 Å². The Morgan fingerprint density at radius 3 is 2.59 bits per heavy atom. The molecule has 1 amide bonds. The fraction of sp³-hybridized carbons (Fsp3) is 0.0588. The van der Waals surface area contributed by atoms with E-state index in [4.69, 9.17) is 23.8 Å². The Hall–Kier alpha value is -2.17. The predicted octanol–water partition coefficient (Wildman–Crippen LogP) is 4.17. The highest BCUT2D eigenvalue weighted by molar-refractivity contribution is 7.80. The molecule has 0 aliphatic rings. The van der Waals surface area contributed by atoms with E-state index in [9.17, 15) is 4.79 Å². The highest BCUT2D eigenvalue weighted by Crippen LogP contribution is 2.22. The molecule has 5 heteroatoms. The lowest BCUT2D eigenvalue weighted by atomic mass is 10.2. The van der Waals surface area contributed by atoms with Gasteiger partial charge in [0.2, 0.25) is 5.91 Å². The van der Waals surface area contributed by atoms with E-state index in [1.54, 1.807) is 12.1 Å². The van der Waals surface area contributed by atoms with Crippen molar-refractivity contribution in [1.82, 2.24) is 5.32 Å². The Kier molecular flexibility index (Phi) is 5.69. The molecular formula is C17H15ClN2OS. The maximum absolute atomic E-state index is 11.8. The van der Waals surface area contributed by atoms with Crippen LogP contribution in [0.4, 0.5) is 5.69 Å². The monoisotopic (exact) mass is 330 g/mol. The van der Waals surface area contributed by atoms with Crippen LogP contribution in [0.25, 0.3) is 6.08 Å². The first kappa shape index (κ1) is 16.2. The average Bonchev–Trinajstić information content (AvgIpc) is 2.51. The Labute approximate surface area is 140 Å². The Balaban J connectivity index is 1.93. The lowest BCUT2D eigenvalue weighted by molar-refractivity contribution is -0.115. The standard InChI is InChI=1S/C17H15ClN2OS/c1-12-14(18)8-5-9-15(12)19-17(22)20-16(21)11-10-13-6-3-2-4-7-13/h2-11H,1H3,(H2,19,20,21,22)/b11-10-. The number of benzene rings is 2. The van der Waals surface area contributed by atoms with Gasteiger partial charge in [0.15, 0.2) is 5.11 Å². The summed E-state index contributed by atoms with van der Waals surface area (Å²) < 4.78 is 0. The second kappa shape index (κ2) is 7.73. The van der Waals surface area contributed by atoms with E-state index in [0.29, 0.717) is 5.02 Å². The van der Waals surface area contributed by atoms with Gasteiger partial charge in [0, 0.05) is 16.8 Å². The van der Waals surface area contributed by atoms with Crippen molar-refractivity contribution < 1.29 is 4.79 Å². The molecule has 0 fully saturated rings. The molecule has 2 N–H and O–H groups in total. The van der Waals surface area contributed by atoms with Crippen LogP contribution in [0.1, 0.15) is 11.1 Å². The number of hydrogen-bond donors (Lipinski definition) is 2. The Bertz CT molecular complexity index is 714. The molecule has 0 aliphatic heterocycles. The molecular weight excluding hydrogens is 316 g/mol. The molecule has 2 rings (SSSR count). The maximum atomic E-state index is 11.8. The molecule has 112 valence electrons. The van der Waals surface area contributed by atoms with Gasteiger partial charge in [0.1, 0.15) is 0 Å². The van der Waals surface area contributed by atoms with E-state index in [-0.39, 0.29) is 11.0 Å². The van der Waals surface area contributed by atoms with Gasteiger partial charge in [-0.2, -0.15) is 0 Å². The van der Waals surface area contributed by atoms with Crippen LogP contribution in [-0.2, 0) is 4.79 Å². The first-order chi connectivity index (χ1) is 10.6. The number of hydrogen-bond acceptors (Lipinski definition) is 2. The van der Waals surface area contributed by atoms with Crippen LogP contribution < -0.4 is 10.6 Å². The van der Waals surface area contributed by atoms with Crippen LogP contribution >= 0.6 is 23.8 Å². The Morgan fingerprint density at radius 1 is 1.14 bits per heavy atom. The van der Waals surface area contributed by atoms with E-state index in [2.05, 4.69) is 10.6 Å². The second-order valence-electron chi connectivity index (χ2n) is 4.60. The number of thiocarbonyl (C=S) groups is 1. The zero-order valence-electron chi connectivity index (χ0n) is 12.0. The van der Waals surface area contributed by atoms with E-state index in [1.165, 1.54) is 6.08 Å². The van der Waals surface area contributed by atoms with Gasteiger partial charge in [0.25, 0.3) is 0 Å². The summed E-state index contributed by atoms with van der Waals surface area (Å²) in [6, 6.07) is 15.0. The average molecular weight is 331 g/mol. The summed E-state index contributed by atoms with van der Waals surface area (Å²) in [5.41, 5.74) is 2.59. The van der Waals surface area contributed by atoms with Gasteiger partial charge in [-0.1, -0.05) is 48.0 Å². The van der Waals surface area contributed by atoms with E-state index >= 15 is 0 Å². The Morgan fingerprint density at radius 2 is 1.86 bits per heavy atom. The zero-order valence-corrected chi connectivity index (χ0v) is 13.5. The molecule has 3 nitrogen and oxygen atoms in total. The number of carbonyl (C=O) groups is 1. The molecule has 0 aliphatic carbocycles. The molecule has 0 radical (unpaired) electrons. The third kappa shape index (κ3) is 4.69. The minimum atomic E-state index is -0.291. The molecule has 0 bridgehead atoms. The van der Waals surface area contributed by atoms with Gasteiger partial charge < -0.3 is 5.32 Å². The number of nitrogens with one attached hydrogen (secondary N) is 2. The number of carbonyl (C=O) groups excluding carboxylic acids is 1. The molecule has 0 saturated carbocycles. The topological polar surface area (TPSA) is 41.1 Å². The summed E-state index contributed by atoms with van der Waals surface area (Å²) in [5, 5.41) is 6.43. The number of halogens is 1. The molecule has 0 heterocycles. The predicted molar refractivity (Wildman–Crippen MR) is 96.0 cm³/mol. The molecule has 22 heavy (non-hydrogen) atoms. The highest BCUT2D eigenvalue weighted by Gasteiger charge is 2.05. The van der Waals surface area contributed by atoms with Gasteiger partial charge in [-0.25, -0.2) is 0 Å². The minimum absolute atomic E-state index is 0.230. The maximum Gasteiger partial charge on any atom is 0.250 e. The smallest absolute Gasteiger partial charge is 0.250 e. The SMILES string of the molecule is Cc1c(Cl)cccc1NC(=S)NC(=O)/C=C\c1ccccc1. The van der Waals surface area contributed by atoms with Gasteiger partial charge in [-0.3, -0.25) is 10.1 Å². The van der Waals surface area contributed by atoms with Crippen LogP contribution in [0, 0.1) is 6.92 Å². The lowest BCUT2D eigenvalue weighted by Crippen LogP contribution is -2.33. The van der Waals surface area contributed by atoms with Crippen molar-refractivity contribution in [3.63, 3.8) is 0 Å². The third-order valence-corrected chi connectivity index (χ3v) is 3.59. The minimum Gasteiger partial charge on any atom is -0.332 e. The summed E-state index contributed by atoms with van der Waals surface area (Å²) in [7, 11) is 0. The van der Waals surface area contributed by atoms with Crippen molar-refractivity contribution in [3.05, 3.63) is 70.8 Å². The molecule has 0 unspecified atom stereocenters. The zero-order chi connectivity index (χ0) is 15.9. The van der Waals surface area contributed by atoms with Crippen molar-refractivity contribution in [3.8, 4) is 0 Å². The highest BCUT2D eigenvalue weighted by atomic mass is 35.5. The van der Waals surface area contributed by atoms with Gasteiger partial charge >= 0.3 is 0 Å². The summed E-state index contributed by atoms with van der Waals surface area (Å²) >= 11 is 11.2. The van der Waals surface area contributed by atoms with Crippen molar-refractivity contribution in [2.75, 3.05) is 5.32 Å². The summed E-state index contributed by atoms with van der Waals surface area (Å²) in [4.78, 5) is 11.8. The normalized spacial score (nSPS) is 10.5. The van der Waals surface area contributed by atoms with Gasteiger partial charge in [0.05, 0.1) is 0 Å². The molecule has 2 aromatic rings. The van der Waals surface area contributed by atoms with Crippen LogP contribution in [0.15, 0.2) is 54.6 Å². The summed E-state index contributed by atoms with van der Waals surface area (Å²) in [5.74, 6) is -0.291. The number of amides is 1. The van der Waals surface area contributed by atoms with Crippen molar-refractivity contribution >= 4 is 46.6 Å². The van der Waals surface area contributed by atoms with Crippen LogP contribution in [0.3, 0.4) is 0 Å². The van der Waals surface area contributed by atoms with Gasteiger partial charge in [-0.05, 0) is 48.5 Å². The molecule has 0 atom stereocenters. The lowest BCUT2D eigenvalue weighted by Gasteiger charge is -2.11. The summed E-state index contributed by atoms with van der Waals surface area (Å²) in [6.07, 6.45) is 3.16. The fourth-order valence-electron chi connectivity index (χ4n) is 1.79. The number of anilines is 1. The van der Waals surface area contributed by atoms with Crippen LogP contribution in [-0.4, -0.2) is 11.0 Å². The van der Waals surface area contributed by atoms with Crippen molar-refractivity contribution in [2.24, 2.45) is 0 Å². The van der Waals surface area contributed by atoms with Crippen molar-refractivity contribution in [2.45, 2.75) is 6.92 Å². The van der Waals surface area contributed by atoms with E-state index in [0.717, 1.165) is 16.8 Å². The van der Waals surface area contributed by atoms with Crippen LogP contribution in [0.5, 0.6) is 0 Å². The molecule has 0 spiro atoms. The van der Waals surface area contributed by atoms with Crippen LogP contribution in [0.2, 0.25) is 5.02 Å². The second-order valence-corrected chi connectivity index (χ2v) is 5.42. The van der Waals surface area contributed by atoms with Crippen molar-refractivity contribution in [1.29, 1.82) is 0 Å². The fourth-order valence-corrected chi connectivity index (χ4v) is 2.17. The molecule has 2 aromatic carbocycles. The van der Waals surface area contributed by atoms with E-state index < -0.39 is 0 Å². The molecule has 0 saturated heterocycles. The van der Waals surface area contributed by atoms with Gasteiger partial charge in [-0.15, -0.1) is 0 Å². The quantitative estimate of drug-likeness (QED) is 0.655.